The van der Waals surface area contributed by atoms with Crippen LogP contribution in [0.4, 0.5) is 5.82 Å². The topological polar surface area (TPSA) is 125 Å². The number of rotatable bonds is 8. The van der Waals surface area contributed by atoms with E-state index in [1.54, 1.807) is 16.8 Å². The van der Waals surface area contributed by atoms with E-state index in [1.165, 1.54) is 11.3 Å². The first kappa shape index (κ1) is 24.6. The number of hydrogen-bond donors (Lipinski definition) is 3. The van der Waals surface area contributed by atoms with E-state index in [1.807, 2.05) is 37.2 Å². The van der Waals surface area contributed by atoms with Crippen molar-refractivity contribution >= 4 is 34.3 Å². The van der Waals surface area contributed by atoms with Gasteiger partial charge in [0.2, 0.25) is 6.41 Å². The fraction of sp³-hybridized carbons (Fsp3) is 0.560. The number of fused-ring (bicyclic) bond motifs is 1. The molecule has 2 fully saturated rings. The van der Waals surface area contributed by atoms with Gasteiger partial charge in [-0.1, -0.05) is 20.8 Å². The number of nitrogens with one attached hydrogen (secondary N) is 2. The van der Waals surface area contributed by atoms with Crippen LogP contribution in [-0.4, -0.2) is 73.2 Å². The summed E-state index contributed by atoms with van der Waals surface area (Å²) in [6.07, 6.45) is 8.12. The number of nitrogens with zero attached hydrogens (tertiary/aromatic N) is 5. The van der Waals surface area contributed by atoms with Crippen molar-refractivity contribution in [3.05, 3.63) is 29.5 Å². The molecule has 192 valence electrons. The molecule has 11 heteroatoms. The Bertz CT molecular complexity index is 1250. The minimum Gasteiger partial charge on any atom is -0.394 e. The van der Waals surface area contributed by atoms with Crippen molar-refractivity contribution in [1.29, 1.82) is 0 Å². The maximum Gasteiger partial charge on any atom is 0.272 e. The van der Waals surface area contributed by atoms with Crippen LogP contribution in [-0.2, 0) is 4.79 Å². The zero-order valence-corrected chi connectivity index (χ0v) is 21.7. The molecule has 1 saturated heterocycles. The Morgan fingerprint density at radius 2 is 2.06 bits per heavy atom. The minimum absolute atomic E-state index is 0.0703. The van der Waals surface area contributed by atoms with Crippen LogP contribution in [0.2, 0.25) is 0 Å². The zero-order valence-electron chi connectivity index (χ0n) is 20.9. The predicted molar refractivity (Wildman–Crippen MR) is 138 cm³/mol. The smallest absolute Gasteiger partial charge is 0.272 e. The largest absolute Gasteiger partial charge is 0.394 e. The number of likely N-dealkylation sites (tertiary alicyclic amines) is 1. The summed E-state index contributed by atoms with van der Waals surface area (Å²) in [5.41, 5.74) is 0.776. The molecule has 0 spiro atoms. The van der Waals surface area contributed by atoms with Crippen molar-refractivity contribution in [3.63, 3.8) is 0 Å². The first-order valence-electron chi connectivity index (χ1n) is 12.4. The van der Waals surface area contributed by atoms with Gasteiger partial charge >= 0.3 is 0 Å². The van der Waals surface area contributed by atoms with Crippen LogP contribution in [0.3, 0.4) is 0 Å². The summed E-state index contributed by atoms with van der Waals surface area (Å²) in [5, 5.41) is 22.6. The lowest BCUT2D eigenvalue weighted by Gasteiger charge is -2.36. The third kappa shape index (κ3) is 4.69. The molecular formula is C25H33N7O3S. The second kappa shape index (κ2) is 9.44. The Balaban J connectivity index is 1.42. The number of aliphatic hydroxyl groups excluding tert-OH is 1. The molecular weight excluding hydrogens is 478 g/mol. The lowest BCUT2D eigenvalue weighted by atomic mass is 9.87. The highest BCUT2D eigenvalue weighted by Gasteiger charge is 2.49. The number of hydrogen-bond acceptors (Lipinski definition) is 8. The second-order valence-electron chi connectivity index (χ2n) is 10.9. The molecule has 0 bridgehead atoms. The van der Waals surface area contributed by atoms with E-state index < -0.39 is 0 Å². The molecule has 4 heterocycles. The quantitative estimate of drug-likeness (QED) is 0.397. The zero-order chi connectivity index (χ0) is 25.5. The summed E-state index contributed by atoms with van der Waals surface area (Å²) in [4.78, 5) is 36.8. The molecule has 5 rings (SSSR count). The van der Waals surface area contributed by atoms with Gasteiger partial charge in [0.15, 0.2) is 5.82 Å². The molecule has 3 aromatic heterocycles. The van der Waals surface area contributed by atoms with Crippen LogP contribution in [0.1, 0.15) is 56.9 Å². The van der Waals surface area contributed by atoms with Crippen LogP contribution in [0.15, 0.2) is 23.8 Å². The van der Waals surface area contributed by atoms with Crippen molar-refractivity contribution in [1.82, 2.24) is 29.8 Å². The number of aromatic nitrogens is 4. The molecule has 0 radical (unpaired) electrons. The van der Waals surface area contributed by atoms with E-state index in [0.29, 0.717) is 36.3 Å². The SMILES string of the molecule is CC(C)(C)[C@@H](CO)Nc1cc(C(=O)N2CCC(C3(NC=O)CC3)CC2)nc(-c2cnn3ccsc23)n1. The maximum absolute atomic E-state index is 13.6. The molecule has 1 atom stereocenters. The molecule has 2 amide bonds. The summed E-state index contributed by atoms with van der Waals surface area (Å²) in [6.45, 7) is 7.30. The molecule has 1 aliphatic heterocycles. The van der Waals surface area contributed by atoms with Crippen LogP contribution < -0.4 is 10.6 Å². The van der Waals surface area contributed by atoms with Crippen LogP contribution in [0.25, 0.3) is 16.2 Å². The Morgan fingerprint density at radius 1 is 1.31 bits per heavy atom. The Morgan fingerprint density at radius 3 is 2.69 bits per heavy atom. The monoisotopic (exact) mass is 511 g/mol. The maximum atomic E-state index is 13.6. The lowest BCUT2D eigenvalue weighted by Crippen LogP contribution is -2.46. The van der Waals surface area contributed by atoms with Crippen LogP contribution in [0, 0.1) is 11.3 Å². The van der Waals surface area contributed by atoms with Gasteiger partial charge in [0, 0.05) is 36.3 Å². The fourth-order valence-electron chi connectivity index (χ4n) is 5.07. The van der Waals surface area contributed by atoms with Gasteiger partial charge in [0.25, 0.3) is 5.91 Å². The number of anilines is 1. The van der Waals surface area contributed by atoms with Gasteiger partial charge in [-0.15, -0.1) is 11.3 Å². The van der Waals surface area contributed by atoms with Crippen molar-refractivity contribution in [3.8, 4) is 11.4 Å². The number of thiazole rings is 1. The van der Waals surface area contributed by atoms with E-state index in [9.17, 15) is 14.7 Å². The van der Waals surface area contributed by atoms with E-state index >= 15 is 0 Å². The van der Waals surface area contributed by atoms with E-state index in [0.717, 1.165) is 42.5 Å². The third-order valence-electron chi connectivity index (χ3n) is 7.57. The first-order chi connectivity index (χ1) is 17.2. The predicted octanol–water partition coefficient (Wildman–Crippen LogP) is 2.80. The summed E-state index contributed by atoms with van der Waals surface area (Å²) >= 11 is 1.53. The first-order valence-corrected chi connectivity index (χ1v) is 13.3. The standard InChI is InChI=1S/C25H33N7O3S/c1-24(2,3)19(14-33)29-20-12-18(28-21(30-20)17-13-27-32-10-11-36-23(17)32)22(35)31-8-4-16(5-9-31)25(6-7-25)26-15-34/h10-13,15-16,19,33H,4-9,14H2,1-3H3,(H,26,34)(H,28,29,30)/t19-/m1/s1. The highest BCUT2D eigenvalue weighted by atomic mass is 32.1. The highest BCUT2D eigenvalue weighted by molar-refractivity contribution is 7.16. The molecule has 2 aliphatic rings. The molecule has 10 nitrogen and oxygen atoms in total. The van der Waals surface area contributed by atoms with Gasteiger partial charge in [-0.25, -0.2) is 14.5 Å². The van der Waals surface area contributed by atoms with E-state index in [-0.39, 0.29) is 29.5 Å². The van der Waals surface area contributed by atoms with Gasteiger partial charge in [-0.05, 0) is 37.0 Å². The molecule has 0 aromatic carbocycles. The third-order valence-corrected chi connectivity index (χ3v) is 8.45. The van der Waals surface area contributed by atoms with Gasteiger partial charge in [-0.3, -0.25) is 9.59 Å². The molecule has 3 aromatic rings. The summed E-state index contributed by atoms with van der Waals surface area (Å²) in [6, 6.07) is 1.42. The fourth-order valence-corrected chi connectivity index (χ4v) is 5.86. The number of aliphatic hydroxyl groups is 1. The second-order valence-corrected chi connectivity index (χ2v) is 11.8. The molecule has 36 heavy (non-hydrogen) atoms. The summed E-state index contributed by atoms with van der Waals surface area (Å²) in [7, 11) is 0. The van der Waals surface area contributed by atoms with Crippen molar-refractivity contribution in [2.75, 3.05) is 25.0 Å². The minimum atomic E-state index is -0.257. The average molecular weight is 512 g/mol. The normalized spacial score (nSPS) is 18.7. The van der Waals surface area contributed by atoms with Gasteiger partial charge in [0.05, 0.1) is 24.4 Å². The van der Waals surface area contributed by atoms with Gasteiger partial charge in [-0.2, -0.15) is 5.10 Å². The molecule has 3 N–H and O–H groups in total. The number of carbonyl (C=O) groups excluding carboxylic acids is 2. The molecule has 1 aliphatic carbocycles. The lowest BCUT2D eigenvalue weighted by molar-refractivity contribution is -0.110. The summed E-state index contributed by atoms with van der Waals surface area (Å²) < 4.78 is 1.77. The van der Waals surface area contributed by atoms with E-state index in [4.69, 9.17) is 4.98 Å². The number of piperidine rings is 1. The highest BCUT2D eigenvalue weighted by Crippen LogP contribution is 2.46. The summed E-state index contributed by atoms with van der Waals surface area (Å²) in [5.74, 6) is 1.17. The van der Waals surface area contributed by atoms with Crippen molar-refractivity contribution in [2.24, 2.45) is 11.3 Å². The molecule has 0 unspecified atom stereocenters. The number of carbonyl (C=O) groups is 2. The van der Waals surface area contributed by atoms with E-state index in [2.05, 4.69) is 20.7 Å². The van der Waals surface area contributed by atoms with Crippen LogP contribution in [0.5, 0.6) is 0 Å². The van der Waals surface area contributed by atoms with Crippen molar-refractivity contribution in [2.45, 2.75) is 58.0 Å². The van der Waals surface area contributed by atoms with Gasteiger partial charge in [0.1, 0.15) is 16.3 Å². The average Bonchev–Trinajstić information content (AvgIpc) is 3.30. The molecule has 1 saturated carbocycles. The van der Waals surface area contributed by atoms with Crippen LogP contribution >= 0.6 is 11.3 Å². The Hall–Kier alpha value is -3.05. The van der Waals surface area contributed by atoms with Crippen molar-refractivity contribution < 1.29 is 14.7 Å². The Kier molecular flexibility index (Phi) is 6.46. The number of amides is 2. The van der Waals surface area contributed by atoms with Gasteiger partial charge < -0.3 is 20.6 Å². The Labute approximate surface area is 214 Å².